The molecule has 1 aliphatic heterocycles. The highest BCUT2D eigenvalue weighted by atomic mass is 32.1. The number of anilines is 1. The zero-order valence-corrected chi connectivity index (χ0v) is 11.8. The molecule has 0 spiro atoms. The number of hydrogen-bond acceptors (Lipinski definition) is 4. The van der Waals surface area contributed by atoms with Gasteiger partial charge >= 0.3 is 0 Å². The van der Waals surface area contributed by atoms with Crippen LogP contribution in [0.1, 0.15) is 6.42 Å². The van der Waals surface area contributed by atoms with Crippen LogP contribution in [0.5, 0.6) is 0 Å². The van der Waals surface area contributed by atoms with Gasteiger partial charge in [-0.05, 0) is 11.7 Å². The lowest BCUT2D eigenvalue weighted by molar-refractivity contribution is -0.117. The van der Waals surface area contributed by atoms with E-state index in [1.54, 1.807) is 17.3 Å². The zero-order chi connectivity index (χ0) is 13.9. The minimum atomic E-state index is 0.103. The molecular weight excluding hydrogens is 270 g/mol. The number of nitrogens with zero attached hydrogens (tertiary/aromatic N) is 3. The highest BCUT2D eigenvalue weighted by Crippen LogP contribution is 2.24. The second kappa shape index (κ2) is 5.63. The molecule has 2 heterocycles. The van der Waals surface area contributed by atoms with Crippen molar-refractivity contribution in [2.24, 2.45) is 5.92 Å². The van der Waals surface area contributed by atoms with Gasteiger partial charge in [-0.1, -0.05) is 30.3 Å². The minimum absolute atomic E-state index is 0.103. The van der Waals surface area contributed by atoms with Crippen LogP contribution in [0, 0.1) is 5.92 Å². The van der Waals surface area contributed by atoms with Gasteiger partial charge in [-0.2, -0.15) is 12.6 Å². The first-order valence-corrected chi connectivity index (χ1v) is 7.20. The molecule has 2 aromatic rings. The third-order valence-electron chi connectivity index (χ3n) is 3.45. The highest BCUT2D eigenvalue weighted by molar-refractivity contribution is 7.80. The van der Waals surface area contributed by atoms with Gasteiger partial charge in [-0.3, -0.25) is 14.7 Å². The molecule has 102 valence electrons. The number of benzene rings is 1. The SMILES string of the molecule is O=C1CC(CS)CN1c1cnc(-c2ccccc2)cn1. The summed E-state index contributed by atoms with van der Waals surface area (Å²) in [6.07, 6.45) is 3.93. The highest BCUT2D eigenvalue weighted by Gasteiger charge is 2.30. The molecule has 0 N–H and O–H groups in total. The second-order valence-corrected chi connectivity index (χ2v) is 5.25. The van der Waals surface area contributed by atoms with Crippen LogP contribution in [0.25, 0.3) is 11.3 Å². The van der Waals surface area contributed by atoms with Crippen molar-refractivity contribution in [1.82, 2.24) is 9.97 Å². The first-order valence-electron chi connectivity index (χ1n) is 6.56. The number of amides is 1. The monoisotopic (exact) mass is 285 g/mol. The van der Waals surface area contributed by atoms with Gasteiger partial charge in [-0.15, -0.1) is 0 Å². The van der Waals surface area contributed by atoms with Gasteiger partial charge in [0.1, 0.15) is 0 Å². The average Bonchev–Trinajstić information content (AvgIpc) is 2.89. The van der Waals surface area contributed by atoms with Crippen LogP contribution in [-0.4, -0.2) is 28.2 Å². The Balaban J connectivity index is 1.82. The standard InChI is InChI=1S/C15H15N3OS/c19-15-6-11(10-20)9-18(15)14-8-16-13(7-17-14)12-4-2-1-3-5-12/h1-5,7-8,11,20H,6,9-10H2. The van der Waals surface area contributed by atoms with Gasteiger partial charge in [0.2, 0.25) is 5.91 Å². The van der Waals surface area contributed by atoms with Gasteiger partial charge in [0.15, 0.2) is 5.82 Å². The van der Waals surface area contributed by atoms with Crippen LogP contribution in [0.4, 0.5) is 5.82 Å². The summed E-state index contributed by atoms with van der Waals surface area (Å²) in [5.41, 5.74) is 1.83. The summed E-state index contributed by atoms with van der Waals surface area (Å²) >= 11 is 4.26. The number of rotatable bonds is 3. The molecule has 1 aromatic heterocycles. The van der Waals surface area contributed by atoms with E-state index in [-0.39, 0.29) is 5.91 Å². The van der Waals surface area contributed by atoms with E-state index in [0.29, 0.717) is 24.7 Å². The van der Waals surface area contributed by atoms with Gasteiger partial charge in [0.05, 0.1) is 18.1 Å². The van der Waals surface area contributed by atoms with Crippen LogP contribution >= 0.6 is 12.6 Å². The van der Waals surface area contributed by atoms with E-state index in [2.05, 4.69) is 22.6 Å². The number of thiol groups is 1. The summed E-state index contributed by atoms with van der Waals surface area (Å²) in [6.45, 7) is 0.682. The lowest BCUT2D eigenvalue weighted by Gasteiger charge is -2.15. The van der Waals surface area contributed by atoms with Gasteiger partial charge in [0, 0.05) is 18.5 Å². The third kappa shape index (κ3) is 2.54. The van der Waals surface area contributed by atoms with Crippen molar-refractivity contribution in [3.8, 4) is 11.3 Å². The molecule has 4 nitrogen and oxygen atoms in total. The maximum atomic E-state index is 11.9. The van der Waals surface area contributed by atoms with E-state index in [1.807, 2.05) is 30.3 Å². The average molecular weight is 285 g/mol. The van der Waals surface area contributed by atoms with Gasteiger partial charge < -0.3 is 0 Å². The third-order valence-corrected chi connectivity index (χ3v) is 3.96. The molecule has 1 saturated heterocycles. The first kappa shape index (κ1) is 13.1. The lowest BCUT2D eigenvalue weighted by atomic mass is 10.1. The molecule has 1 fully saturated rings. The molecule has 0 radical (unpaired) electrons. The molecule has 3 rings (SSSR count). The lowest BCUT2D eigenvalue weighted by Crippen LogP contribution is -2.25. The van der Waals surface area contributed by atoms with Crippen molar-refractivity contribution in [3.63, 3.8) is 0 Å². The Kier molecular flexibility index (Phi) is 3.69. The van der Waals surface area contributed by atoms with Crippen molar-refractivity contribution in [2.75, 3.05) is 17.2 Å². The van der Waals surface area contributed by atoms with E-state index in [4.69, 9.17) is 0 Å². The van der Waals surface area contributed by atoms with E-state index in [0.717, 1.165) is 17.0 Å². The molecule has 1 amide bonds. The molecule has 0 aliphatic carbocycles. The summed E-state index contributed by atoms with van der Waals surface area (Å²) in [5.74, 6) is 1.75. The maximum absolute atomic E-state index is 11.9. The van der Waals surface area contributed by atoms with Gasteiger partial charge in [-0.25, -0.2) is 4.98 Å². The van der Waals surface area contributed by atoms with E-state index < -0.39 is 0 Å². The second-order valence-electron chi connectivity index (χ2n) is 4.88. The van der Waals surface area contributed by atoms with Crippen LogP contribution in [0.2, 0.25) is 0 Å². The van der Waals surface area contributed by atoms with Gasteiger partial charge in [0.25, 0.3) is 0 Å². The quantitative estimate of drug-likeness (QED) is 0.881. The Bertz CT molecular complexity index is 600. The normalized spacial score (nSPS) is 18.6. The Labute approximate surface area is 123 Å². The minimum Gasteiger partial charge on any atom is -0.295 e. The summed E-state index contributed by atoms with van der Waals surface area (Å²) in [5, 5.41) is 0. The summed E-state index contributed by atoms with van der Waals surface area (Å²) in [6, 6.07) is 9.87. The topological polar surface area (TPSA) is 46.1 Å². The van der Waals surface area contributed by atoms with Crippen molar-refractivity contribution in [1.29, 1.82) is 0 Å². The molecule has 0 bridgehead atoms. The molecule has 1 aromatic carbocycles. The number of hydrogen-bond donors (Lipinski definition) is 1. The Morgan fingerprint density at radius 1 is 1.20 bits per heavy atom. The van der Waals surface area contributed by atoms with Crippen LogP contribution in [0.15, 0.2) is 42.7 Å². The predicted molar refractivity (Wildman–Crippen MR) is 81.8 cm³/mol. The number of carbonyl (C=O) groups is 1. The molecule has 0 saturated carbocycles. The summed E-state index contributed by atoms with van der Waals surface area (Å²) < 4.78 is 0. The fourth-order valence-electron chi connectivity index (χ4n) is 2.34. The Morgan fingerprint density at radius 3 is 2.60 bits per heavy atom. The van der Waals surface area contributed by atoms with Crippen LogP contribution in [0.3, 0.4) is 0 Å². The Morgan fingerprint density at radius 2 is 2.00 bits per heavy atom. The van der Waals surface area contributed by atoms with E-state index in [1.165, 1.54) is 0 Å². The molecule has 1 unspecified atom stereocenters. The number of carbonyl (C=O) groups excluding carboxylic acids is 1. The van der Waals surface area contributed by atoms with Crippen molar-refractivity contribution in [2.45, 2.75) is 6.42 Å². The van der Waals surface area contributed by atoms with Crippen molar-refractivity contribution < 1.29 is 4.79 Å². The summed E-state index contributed by atoms with van der Waals surface area (Å²) in [7, 11) is 0. The smallest absolute Gasteiger partial charge is 0.228 e. The zero-order valence-electron chi connectivity index (χ0n) is 10.9. The van der Waals surface area contributed by atoms with Crippen LogP contribution in [-0.2, 0) is 4.79 Å². The maximum Gasteiger partial charge on any atom is 0.228 e. The van der Waals surface area contributed by atoms with E-state index >= 15 is 0 Å². The largest absolute Gasteiger partial charge is 0.295 e. The molecule has 20 heavy (non-hydrogen) atoms. The molecular formula is C15H15N3OS. The molecule has 5 heteroatoms. The first-order chi connectivity index (χ1) is 9.78. The van der Waals surface area contributed by atoms with Crippen molar-refractivity contribution in [3.05, 3.63) is 42.7 Å². The van der Waals surface area contributed by atoms with Crippen molar-refractivity contribution >= 4 is 24.4 Å². The molecule has 1 aliphatic rings. The fraction of sp³-hybridized carbons (Fsp3) is 0.267. The fourth-order valence-corrected chi connectivity index (χ4v) is 2.59. The van der Waals surface area contributed by atoms with E-state index in [9.17, 15) is 4.79 Å². The van der Waals surface area contributed by atoms with Crippen LogP contribution < -0.4 is 4.90 Å². The number of aromatic nitrogens is 2. The molecule has 1 atom stereocenters. The predicted octanol–water partition coefficient (Wildman–Crippen LogP) is 2.43. The summed E-state index contributed by atoms with van der Waals surface area (Å²) in [4.78, 5) is 22.4. The Hall–Kier alpha value is -1.88.